The van der Waals surface area contributed by atoms with Crippen LogP contribution in [0.5, 0.6) is 0 Å². The van der Waals surface area contributed by atoms with Crippen molar-refractivity contribution >= 4 is 27.6 Å². The van der Waals surface area contributed by atoms with Crippen molar-refractivity contribution in [3.8, 4) is 0 Å². The number of likely N-dealkylation sites (tertiary alicyclic amines) is 1. The summed E-state index contributed by atoms with van der Waals surface area (Å²) < 4.78 is 36.1. The zero-order valence-electron chi connectivity index (χ0n) is 17.6. The van der Waals surface area contributed by atoms with Gasteiger partial charge in [0.15, 0.2) is 9.84 Å². The number of ether oxygens (including phenoxy) is 2. The molecule has 1 saturated heterocycles. The van der Waals surface area contributed by atoms with Crippen LogP contribution in [-0.2, 0) is 24.1 Å². The molecule has 0 bridgehead atoms. The molecule has 0 spiro atoms. The van der Waals surface area contributed by atoms with Crippen LogP contribution >= 0.6 is 0 Å². The van der Waals surface area contributed by atoms with E-state index < -0.39 is 39.5 Å². The number of hydrogen-bond donors (Lipinski definition) is 1. The average Bonchev–Trinajstić information content (AvgIpc) is 3.05. The van der Waals surface area contributed by atoms with Crippen LogP contribution in [0.1, 0.15) is 52.6 Å². The van der Waals surface area contributed by atoms with Crippen LogP contribution in [0.15, 0.2) is 23.1 Å². The first-order valence-electron chi connectivity index (χ1n) is 9.69. The lowest BCUT2D eigenvalue weighted by Crippen LogP contribution is -2.38. The number of anilines is 1. The number of esters is 1. The molecule has 1 aliphatic rings. The van der Waals surface area contributed by atoms with E-state index in [0.717, 1.165) is 0 Å². The molecule has 0 radical (unpaired) electrons. The summed E-state index contributed by atoms with van der Waals surface area (Å²) in [5, 5.41) is 0. The molecule has 1 aliphatic heterocycles. The average molecular weight is 427 g/mol. The predicted octanol–water partition coefficient (Wildman–Crippen LogP) is 2.92. The molecule has 9 heteroatoms. The normalized spacial score (nSPS) is 19.8. The highest BCUT2D eigenvalue weighted by molar-refractivity contribution is 7.91. The molecule has 1 fully saturated rings. The highest BCUT2D eigenvalue weighted by Crippen LogP contribution is 2.42. The van der Waals surface area contributed by atoms with E-state index in [-0.39, 0.29) is 23.8 Å². The smallest absolute Gasteiger partial charge is 0.410 e. The Morgan fingerprint density at radius 3 is 2.45 bits per heavy atom. The first kappa shape index (κ1) is 23.0. The van der Waals surface area contributed by atoms with E-state index >= 15 is 0 Å². The van der Waals surface area contributed by atoms with Crippen LogP contribution in [0.2, 0.25) is 0 Å². The molecule has 0 saturated carbocycles. The number of nitrogen functional groups attached to an aromatic ring is 1. The summed E-state index contributed by atoms with van der Waals surface area (Å²) in [4.78, 5) is 26.9. The quantitative estimate of drug-likeness (QED) is 0.568. The van der Waals surface area contributed by atoms with Crippen molar-refractivity contribution < 1.29 is 27.5 Å². The second-order valence-corrected chi connectivity index (χ2v) is 10.2. The molecule has 1 aromatic rings. The third kappa shape index (κ3) is 5.20. The molecule has 1 heterocycles. The number of amides is 1. The number of benzene rings is 1. The summed E-state index contributed by atoms with van der Waals surface area (Å²) >= 11 is 0. The van der Waals surface area contributed by atoms with Gasteiger partial charge >= 0.3 is 12.1 Å². The number of carbonyl (C=O) groups is 2. The van der Waals surface area contributed by atoms with Crippen molar-refractivity contribution in [1.29, 1.82) is 0 Å². The zero-order chi connectivity index (χ0) is 22.0. The van der Waals surface area contributed by atoms with Gasteiger partial charge in [-0.25, -0.2) is 13.2 Å². The minimum Gasteiger partial charge on any atom is -0.466 e. The number of hydrogen-bond acceptors (Lipinski definition) is 7. The lowest BCUT2D eigenvalue weighted by atomic mass is 9.93. The van der Waals surface area contributed by atoms with Gasteiger partial charge in [-0.3, -0.25) is 4.79 Å². The third-order valence-corrected chi connectivity index (χ3v) is 6.48. The summed E-state index contributed by atoms with van der Waals surface area (Å²) in [7, 11) is -3.62. The summed E-state index contributed by atoms with van der Waals surface area (Å²) in [6.45, 7) is 8.89. The van der Waals surface area contributed by atoms with Gasteiger partial charge in [-0.1, -0.05) is 6.92 Å². The maximum Gasteiger partial charge on any atom is 0.410 e. The first-order chi connectivity index (χ1) is 13.4. The van der Waals surface area contributed by atoms with Crippen LogP contribution in [0.4, 0.5) is 10.5 Å². The zero-order valence-corrected chi connectivity index (χ0v) is 18.4. The molecule has 162 valence electrons. The third-order valence-electron chi connectivity index (χ3n) is 4.68. The van der Waals surface area contributed by atoms with Gasteiger partial charge in [-0.15, -0.1) is 0 Å². The standard InChI is InChI=1S/C20H30N2O6S/c1-6-27-18(23)14-10-11-22(19(24)28-20(3,4)5)17(14)15-12-13(21)8-9-16(15)29(25,26)7-2/h8-9,12,14,17H,6-7,10-11,21H2,1-5H3. The Labute approximate surface area is 172 Å². The van der Waals surface area contributed by atoms with Crippen molar-refractivity contribution in [2.45, 2.75) is 57.6 Å². The van der Waals surface area contributed by atoms with Crippen molar-refractivity contribution in [3.05, 3.63) is 23.8 Å². The number of carbonyl (C=O) groups excluding carboxylic acids is 2. The second kappa shape index (κ2) is 8.61. The molecule has 2 atom stereocenters. The number of sulfone groups is 1. The topological polar surface area (TPSA) is 116 Å². The molecular formula is C20H30N2O6S. The van der Waals surface area contributed by atoms with Gasteiger partial charge in [0.1, 0.15) is 5.60 Å². The molecule has 29 heavy (non-hydrogen) atoms. The van der Waals surface area contributed by atoms with Gasteiger partial charge in [0.2, 0.25) is 0 Å². The van der Waals surface area contributed by atoms with Crippen LogP contribution in [0, 0.1) is 5.92 Å². The Kier molecular flexibility index (Phi) is 6.82. The van der Waals surface area contributed by atoms with E-state index in [9.17, 15) is 18.0 Å². The minimum absolute atomic E-state index is 0.0592. The summed E-state index contributed by atoms with van der Waals surface area (Å²) in [6.07, 6.45) is -0.278. The van der Waals surface area contributed by atoms with E-state index in [0.29, 0.717) is 17.7 Å². The van der Waals surface area contributed by atoms with Gasteiger partial charge in [-0.2, -0.15) is 0 Å². The molecule has 1 amide bonds. The van der Waals surface area contributed by atoms with Gasteiger partial charge in [-0.05, 0) is 57.9 Å². The lowest BCUT2D eigenvalue weighted by molar-refractivity contribution is -0.148. The van der Waals surface area contributed by atoms with Crippen LogP contribution < -0.4 is 5.73 Å². The first-order valence-corrected chi connectivity index (χ1v) is 11.3. The largest absolute Gasteiger partial charge is 0.466 e. The van der Waals surface area contributed by atoms with Gasteiger partial charge in [0.05, 0.1) is 29.2 Å². The van der Waals surface area contributed by atoms with Crippen molar-refractivity contribution in [2.75, 3.05) is 24.6 Å². The fourth-order valence-electron chi connectivity index (χ4n) is 3.44. The number of nitrogens with zero attached hydrogens (tertiary/aromatic N) is 1. The van der Waals surface area contributed by atoms with E-state index in [1.165, 1.54) is 23.1 Å². The van der Waals surface area contributed by atoms with E-state index in [2.05, 4.69) is 0 Å². The fraction of sp³-hybridized carbons (Fsp3) is 0.600. The van der Waals surface area contributed by atoms with Crippen LogP contribution in [-0.4, -0.2) is 49.9 Å². The Hall–Kier alpha value is -2.29. The predicted molar refractivity (Wildman–Crippen MR) is 109 cm³/mol. The monoisotopic (exact) mass is 426 g/mol. The minimum atomic E-state index is -3.62. The maximum absolute atomic E-state index is 12.9. The molecule has 2 unspecified atom stereocenters. The van der Waals surface area contributed by atoms with Gasteiger partial charge in [0.25, 0.3) is 0 Å². The van der Waals surface area contributed by atoms with Crippen molar-refractivity contribution in [3.63, 3.8) is 0 Å². The molecule has 2 N–H and O–H groups in total. The van der Waals surface area contributed by atoms with Crippen LogP contribution in [0.3, 0.4) is 0 Å². The number of rotatable bonds is 5. The highest BCUT2D eigenvalue weighted by atomic mass is 32.2. The van der Waals surface area contributed by atoms with E-state index in [1.807, 2.05) is 0 Å². The Morgan fingerprint density at radius 1 is 1.24 bits per heavy atom. The maximum atomic E-state index is 12.9. The van der Waals surface area contributed by atoms with Crippen LogP contribution in [0.25, 0.3) is 0 Å². The molecule has 1 aromatic carbocycles. The Balaban J connectivity index is 2.61. The number of nitrogens with two attached hydrogens (primary N) is 1. The second-order valence-electron chi connectivity index (χ2n) is 7.97. The highest BCUT2D eigenvalue weighted by Gasteiger charge is 2.46. The Bertz CT molecular complexity index is 875. The molecule has 8 nitrogen and oxygen atoms in total. The molecule has 0 aliphatic carbocycles. The Morgan fingerprint density at radius 2 is 1.90 bits per heavy atom. The molecule has 0 aromatic heterocycles. The van der Waals surface area contributed by atoms with Crippen molar-refractivity contribution in [1.82, 2.24) is 4.90 Å². The lowest BCUT2D eigenvalue weighted by Gasteiger charge is -2.31. The fourth-order valence-corrected chi connectivity index (χ4v) is 4.56. The molecule has 2 rings (SSSR count). The SMILES string of the molecule is CCOC(=O)C1CCN(C(=O)OC(C)(C)C)C1c1cc(N)ccc1S(=O)(=O)CC. The van der Waals surface area contributed by atoms with E-state index in [4.69, 9.17) is 15.2 Å². The van der Waals surface area contributed by atoms with Gasteiger partial charge < -0.3 is 20.1 Å². The van der Waals surface area contributed by atoms with Gasteiger partial charge in [0, 0.05) is 12.2 Å². The van der Waals surface area contributed by atoms with Crippen molar-refractivity contribution in [2.24, 2.45) is 5.92 Å². The van der Waals surface area contributed by atoms with E-state index in [1.54, 1.807) is 34.6 Å². The molecular weight excluding hydrogens is 396 g/mol. The summed E-state index contributed by atoms with van der Waals surface area (Å²) in [5.74, 6) is -1.31. The summed E-state index contributed by atoms with van der Waals surface area (Å²) in [6, 6.07) is 3.60. The summed E-state index contributed by atoms with van der Waals surface area (Å²) in [5.41, 5.74) is 5.85.